The van der Waals surface area contributed by atoms with Crippen molar-refractivity contribution < 1.29 is 14.3 Å². The van der Waals surface area contributed by atoms with Gasteiger partial charge in [0.05, 0.1) is 5.56 Å². The van der Waals surface area contributed by atoms with E-state index in [0.717, 1.165) is 31.2 Å². The van der Waals surface area contributed by atoms with Crippen LogP contribution in [0.2, 0.25) is 0 Å². The van der Waals surface area contributed by atoms with E-state index in [9.17, 15) is 9.59 Å². The van der Waals surface area contributed by atoms with Crippen molar-refractivity contribution in [2.75, 3.05) is 13.2 Å². The summed E-state index contributed by atoms with van der Waals surface area (Å²) >= 11 is 0. The molecule has 2 aromatic carbocycles. The molecule has 4 heteroatoms. The summed E-state index contributed by atoms with van der Waals surface area (Å²) in [6.45, 7) is 2.81. The predicted octanol–water partition coefficient (Wildman–Crippen LogP) is 3.53. The van der Waals surface area contributed by atoms with Crippen LogP contribution in [-0.2, 0) is 6.42 Å². The van der Waals surface area contributed by atoms with Crippen LogP contribution in [0.15, 0.2) is 36.4 Å². The van der Waals surface area contributed by atoms with Crippen LogP contribution in [0.1, 0.15) is 63.6 Å². The summed E-state index contributed by atoms with van der Waals surface area (Å²) in [7, 11) is 0. The first-order valence-corrected chi connectivity index (χ1v) is 8.86. The van der Waals surface area contributed by atoms with Gasteiger partial charge in [0.15, 0.2) is 11.6 Å². The number of benzene rings is 2. The molecule has 1 aliphatic rings. The molecule has 0 unspecified atom stereocenters. The molecule has 2 aromatic rings. The minimum absolute atomic E-state index is 0.0881. The molecule has 0 amide bonds. The van der Waals surface area contributed by atoms with Gasteiger partial charge in [-0.25, -0.2) is 0 Å². The molecule has 1 aliphatic carbocycles. The van der Waals surface area contributed by atoms with Crippen molar-refractivity contribution in [1.29, 1.82) is 0 Å². The van der Waals surface area contributed by atoms with Crippen molar-refractivity contribution in [2.45, 2.75) is 32.6 Å². The fourth-order valence-corrected chi connectivity index (χ4v) is 3.34. The van der Waals surface area contributed by atoms with E-state index in [1.165, 1.54) is 0 Å². The van der Waals surface area contributed by atoms with Crippen LogP contribution in [-0.4, -0.2) is 24.7 Å². The van der Waals surface area contributed by atoms with Gasteiger partial charge >= 0.3 is 0 Å². The first kappa shape index (κ1) is 17.4. The fraction of sp³-hybridized carbons (Fsp3) is 0.333. The number of aryl methyl sites for hydroxylation is 1. The lowest BCUT2D eigenvalue weighted by Crippen LogP contribution is -2.24. The molecule has 0 atom stereocenters. The minimum Gasteiger partial charge on any atom is -0.491 e. The van der Waals surface area contributed by atoms with E-state index in [0.29, 0.717) is 41.2 Å². The zero-order valence-electron chi connectivity index (χ0n) is 14.5. The number of nitrogens with two attached hydrogens (primary N) is 1. The Labute approximate surface area is 148 Å². The SMILES string of the molecule is CCCCCc1cccc2c1C(=O)c1cccc(OCCN)c1C2=O. The highest BCUT2D eigenvalue weighted by Gasteiger charge is 2.33. The summed E-state index contributed by atoms with van der Waals surface area (Å²) < 4.78 is 5.60. The van der Waals surface area contributed by atoms with Gasteiger partial charge in [-0.15, -0.1) is 0 Å². The molecule has 0 aromatic heterocycles. The predicted molar refractivity (Wildman–Crippen MR) is 97.5 cm³/mol. The second kappa shape index (κ2) is 7.62. The van der Waals surface area contributed by atoms with E-state index in [2.05, 4.69) is 6.92 Å². The molecule has 0 bridgehead atoms. The molecule has 0 heterocycles. The molecule has 0 radical (unpaired) electrons. The molecule has 0 saturated heterocycles. The highest BCUT2D eigenvalue weighted by molar-refractivity contribution is 6.29. The topological polar surface area (TPSA) is 69.4 Å². The van der Waals surface area contributed by atoms with Gasteiger partial charge in [0.2, 0.25) is 0 Å². The van der Waals surface area contributed by atoms with Crippen molar-refractivity contribution in [1.82, 2.24) is 0 Å². The van der Waals surface area contributed by atoms with Gasteiger partial charge in [-0.05, 0) is 24.5 Å². The Morgan fingerprint density at radius 2 is 1.60 bits per heavy atom. The lowest BCUT2D eigenvalue weighted by Gasteiger charge is -2.22. The average Bonchev–Trinajstić information content (AvgIpc) is 2.64. The summed E-state index contributed by atoms with van der Waals surface area (Å²) in [5.74, 6) is 0.202. The van der Waals surface area contributed by atoms with Gasteiger partial charge in [-0.2, -0.15) is 0 Å². The molecule has 2 N–H and O–H groups in total. The van der Waals surface area contributed by atoms with E-state index in [1.54, 1.807) is 24.3 Å². The average molecular weight is 337 g/mol. The summed E-state index contributed by atoms with van der Waals surface area (Å²) in [6.07, 6.45) is 4.06. The van der Waals surface area contributed by atoms with Gasteiger partial charge in [-0.1, -0.05) is 50.1 Å². The summed E-state index contributed by atoms with van der Waals surface area (Å²) in [5.41, 5.74) is 8.28. The molecular formula is C21H23NO3. The summed E-state index contributed by atoms with van der Waals surface area (Å²) in [6, 6.07) is 10.7. The van der Waals surface area contributed by atoms with E-state index in [1.807, 2.05) is 12.1 Å². The van der Waals surface area contributed by atoms with Gasteiger partial charge in [-0.3, -0.25) is 9.59 Å². The fourth-order valence-electron chi connectivity index (χ4n) is 3.34. The van der Waals surface area contributed by atoms with E-state index >= 15 is 0 Å². The van der Waals surface area contributed by atoms with Crippen molar-refractivity contribution in [2.24, 2.45) is 5.73 Å². The number of carbonyl (C=O) groups is 2. The lowest BCUT2D eigenvalue weighted by atomic mass is 9.80. The van der Waals surface area contributed by atoms with Gasteiger partial charge < -0.3 is 10.5 Å². The molecule has 0 saturated carbocycles. The maximum absolute atomic E-state index is 13.1. The van der Waals surface area contributed by atoms with Gasteiger partial charge in [0.25, 0.3) is 0 Å². The monoisotopic (exact) mass is 337 g/mol. The summed E-state index contributed by atoms with van der Waals surface area (Å²) in [5, 5.41) is 0. The summed E-state index contributed by atoms with van der Waals surface area (Å²) in [4.78, 5) is 26.2. The van der Waals surface area contributed by atoms with Crippen LogP contribution in [0, 0.1) is 0 Å². The number of ketones is 2. The number of carbonyl (C=O) groups excluding carboxylic acids is 2. The molecule has 25 heavy (non-hydrogen) atoms. The third-order valence-corrected chi connectivity index (χ3v) is 4.55. The van der Waals surface area contributed by atoms with E-state index < -0.39 is 0 Å². The van der Waals surface area contributed by atoms with Crippen LogP contribution in [0.3, 0.4) is 0 Å². The van der Waals surface area contributed by atoms with Crippen molar-refractivity contribution in [3.8, 4) is 5.75 Å². The Hall–Kier alpha value is -2.46. The number of hydrogen-bond acceptors (Lipinski definition) is 4. The molecular weight excluding hydrogens is 314 g/mol. The number of ether oxygens (including phenoxy) is 1. The number of fused-ring (bicyclic) bond motifs is 2. The highest BCUT2D eigenvalue weighted by Crippen LogP contribution is 2.35. The number of unbranched alkanes of at least 4 members (excludes halogenated alkanes) is 2. The Balaban J connectivity index is 2.05. The van der Waals surface area contributed by atoms with Gasteiger partial charge in [0, 0.05) is 23.2 Å². The van der Waals surface area contributed by atoms with Crippen LogP contribution in [0.4, 0.5) is 0 Å². The zero-order chi connectivity index (χ0) is 17.8. The second-order valence-corrected chi connectivity index (χ2v) is 6.27. The standard InChI is InChI=1S/C21H23NO3/c1-2-3-4-7-14-8-5-9-15-18(14)20(23)16-10-6-11-17(25-13-12-22)19(16)21(15)24/h5-6,8-11H,2-4,7,12-13,22H2,1H3. The van der Waals surface area contributed by atoms with Crippen LogP contribution >= 0.6 is 0 Å². The molecule has 4 nitrogen and oxygen atoms in total. The van der Waals surface area contributed by atoms with E-state index in [4.69, 9.17) is 10.5 Å². The maximum Gasteiger partial charge on any atom is 0.198 e. The highest BCUT2D eigenvalue weighted by atomic mass is 16.5. The smallest absolute Gasteiger partial charge is 0.198 e. The Bertz CT molecular complexity index is 811. The molecule has 0 aliphatic heterocycles. The molecule has 0 spiro atoms. The minimum atomic E-state index is -0.144. The largest absolute Gasteiger partial charge is 0.491 e. The second-order valence-electron chi connectivity index (χ2n) is 6.27. The quantitative estimate of drug-likeness (QED) is 0.670. The third-order valence-electron chi connectivity index (χ3n) is 4.55. The van der Waals surface area contributed by atoms with Crippen LogP contribution < -0.4 is 10.5 Å². The lowest BCUT2D eigenvalue weighted by molar-refractivity contribution is 0.0975. The third kappa shape index (κ3) is 3.22. The van der Waals surface area contributed by atoms with Crippen LogP contribution in [0.5, 0.6) is 5.75 Å². The van der Waals surface area contributed by atoms with Gasteiger partial charge in [0.1, 0.15) is 12.4 Å². The number of hydrogen-bond donors (Lipinski definition) is 1. The normalized spacial score (nSPS) is 12.7. The Kier molecular flexibility index (Phi) is 5.29. The zero-order valence-corrected chi connectivity index (χ0v) is 14.5. The molecule has 0 fully saturated rings. The number of rotatable bonds is 7. The van der Waals surface area contributed by atoms with Crippen molar-refractivity contribution in [3.63, 3.8) is 0 Å². The first-order valence-electron chi connectivity index (χ1n) is 8.86. The van der Waals surface area contributed by atoms with Crippen LogP contribution in [0.25, 0.3) is 0 Å². The van der Waals surface area contributed by atoms with E-state index in [-0.39, 0.29) is 11.6 Å². The molecule has 130 valence electrons. The Morgan fingerprint density at radius 3 is 2.32 bits per heavy atom. The van der Waals surface area contributed by atoms with Crippen molar-refractivity contribution >= 4 is 11.6 Å². The Morgan fingerprint density at radius 1 is 0.920 bits per heavy atom. The maximum atomic E-state index is 13.1. The first-order chi connectivity index (χ1) is 12.2. The van der Waals surface area contributed by atoms with Crippen molar-refractivity contribution in [3.05, 3.63) is 64.2 Å². The molecule has 3 rings (SSSR count).